The highest BCUT2D eigenvalue weighted by atomic mass is 19.4. The average molecular weight is 196 g/mol. The van der Waals surface area contributed by atoms with E-state index in [0.29, 0.717) is 0 Å². The summed E-state index contributed by atoms with van der Waals surface area (Å²) in [6.07, 6.45) is -4.27. The lowest BCUT2D eigenvalue weighted by Crippen LogP contribution is -2.38. The van der Waals surface area contributed by atoms with Crippen molar-refractivity contribution >= 4 is 6.03 Å². The summed E-state index contributed by atoms with van der Waals surface area (Å²) in [5, 5.41) is 0. The van der Waals surface area contributed by atoms with Gasteiger partial charge in [-0.15, -0.1) is 0 Å². The molecule has 2 atom stereocenters. The third kappa shape index (κ3) is 2.05. The summed E-state index contributed by atoms with van der Waals surface area (Å²) in [4.78, 5) is 11.7. The van der Waals surface area contributed by atoms with Gasteiger partial charge in [-0.05, 0) is 13.3 Å². The maximum atomic E-state index is 12.2. The number of hydrogen-bond donors (Lipinski definition) is 1. The molecule has 1 rings (SSSR count). The lowest BCUT2D eigenvalue weighted by Gasteiger charge is -2.18. The number of halogens is 3. The van der Waals surface area contributed by atoms with Gasteiger partial charge >= 0.3 is 12.2 Å². The van der Waals surface area contributed by atoms with E-state index in [1.807, 2.05) is 0 Å². The van der Waals surface area contributed by atoms with Crippen LogP contribution in [0.4, 0.5) is 18.0 Å². The summed E-state index contributed by atoms with van der Waals surface area (Å²) in [6.45, 7) is 1.26. The number of nitrogens with zero attached hydrogens (tertiary/aromatic N) is 1. The number of urea groups is 1. The van der Waals surface area contributed by atoms with Crippen molar-refractivity contribution in [3.8, 4) is 0 Å². The molecule has 0 aromatic carbocycles. The Morgan fingerprint density at radius 3 is 2.31 bits per heavy atom. The van der Waals surface area contributed by atoms with Gasteiger partial charge < -0.3 is 10.6 Å². The topological polar surface area (TPSA) is 46.3 Å². The summed E-state index contributed by atoms with van der Waals surface area (Å²) in [5.41, 5.74) is 4.91. The Morgan fingerprint density at radius 2 is 2.08 bits per heavy atom. The third-order valence-corrected chi connectivity index (χ3v) is 2.32. The zero-order valence-corrected chi connectivity index (χ0v) is 7.14. The van der Waals surface area contributed by atoms with Crippen molar-refractivity contribution in [2.75, 3.05) is 6.54 Å². The molecule has 2 amide bonds. The van der Waals surface area contributed by atoms with Gasteiger partial charge in [0.2, 0.25) is 0 Å². The smallest absolute Gasteiger partial charge is 0.351 e. The van der Waals surface area contributed by atoms with Crippen LogP contribution >= 0.6 is 0 Å². The summed E-state index contributed by atoms with van der Waals surface area (Å²) >= 11 is 0. The first kappa shape index (κ1) is 10.1. The van der Waals surface area contributed by atoms with Crippen LogP contribution in [0.3, 0.4) is 0 Å². The van der Waals surface area contributed by atoms with Crippen molar-refractivity contribution in [3.63, 3.8) is 0 Å². The fourth-order valence-corrected chi connectivity index (χ4v) is 1.58. The lowest BCUT2D eigenvalue weighted by atomic mass is 10.1. The molecule has 1 fully saturated rings. The SMILES string of the molecule is CC1CC(C(F)(F)F)CN1C(N)=O. The summed E-state index contributed by atoms with van der Waals surface area (Å²) in [5.74, 6) is -1.42. The first-order valence-electron chi connectivity index (χ1n) is 3.95. The van der Waals surface area contributed by atoms with Crippen LogP contribution in [0.25, 0.3) is 0 Å². The van der Waals surface area contributed by atoms with Crippen molar-refractivity contribution in [1.29, 1.82) is 0 Å². The number of hydrogen-bond acceptors (Lipinski definition) is 1. The van der Waals surface area contributed by atoms with Crippen LogP contribution in [0.15, 0.2) is 0 Å². The third-order valence-electron chi connectivity index (χ3n) is 2.32. The van der Waals surface area contributed by atoms with Gasteiger partial charge in [-0.2, -0.15) is 13.2 Å². The minimum absolute atomic E-state index is 0.0492. The van der Waals surface area contributed by atoms with E-state index in [0.717, 1.165) is 4.90 Å². The fourth-order valence-electron chi connectivity index (χ4n) is 1.58. The maximum Gasteiger partial charge on any atom is 0.393 e. The Bertz CT molecular complexity index is 216. The molecule has 13 heavy (non-hydrogen) atoms. The van der Waals surface area contributed by atoms with Gasteiger partial charge in [0.15, 0.2) is 0 Å². The molecular weight excluding hydrogens is 185 g/mol. The Balaban J connectivity index is 2.65. The van der Waals surface area contributed by atoms with E-state index in [1.54, 1.807) is 6.92 Å². The number of primary amides is 1. The molecule has 1 heterocycles. The van der Waals surface area contributed by atoms with E-state index in [1.165, 1.54) is 0 Å². The molecule has 0 saturated carbocycles. The molecule has 0 aromatic rings. The van der Waals surface area contributed by atoms with Gasteiger partial charge in [-0.3, -0.25) is 0 Å². The van der Waals surface area contributed by atoms with Gasteiger partial charge in [-0.1, -0.05) is 0 Å². The molecular formula is C7H11F3N2O. The molecule has 0 aromatic heterocycles. The van der Waals surface area contributed by atoms with Crippen LogP contribution in [-0.2, 0) is 0 Å². The minimum Gasteiger partial charge on any atom is -0.351 e. The molecule has 76 valence electrons. The van der Waals surface area contributed by atoms with E-state index < -0.39 is 24.2 Å². The number of likely N-dealkylation sites (tertiary alicyclic amines) is 1. The summed E-state index contributed by atoms with van der Waals surface area (Å²) < 4.78 is 36.6. The normalized spacial score (nSPS) is 29.4. The van der Waals surface area contributed by atoms with Crippen LogP contribution in [0.2, 0.25) is 0 Å². The van der Waals surface area contributed by atoms with E-state index in [-0.39, 0.29) is 13.0 Å². The summed E-state index contributed by atoms with van der Waals surface area (Å²) in [7, 11) is 0. The predicted octanol–water partition coefficient (Wildman–Crippen LogP) is 1.34. The van der Waals surface area contributed by atoms with Gasteiger partial charge in [0.05, 0.1) is 5.92 Å². The Labute approximate surface area is 73.7 Å². The monoisotopic (exact) mass is 196 g/mol. The van der Waals surface area contributed by atoms with E-state index in [9.17, 15) is 18.0 Å². The molecule has 6 heteroatoms. The quantitative estimate of drug-likeness (QED) is 0.624. The van der Waals surface area contributed by atoms with Crippen LogP contribution in [0.1, 0.15) is 13.3 Å². The standard InChI is InChI=1S/C7H11F3N2O/c1-4-2-5(7(8,9)10)3-12(4)6(11)13/h4-5H,2-3H2,1H3,(H2,11,13). The molecule has 0 aliphatic carbocycles. The zero-order valence-electron chi connectivity index (χ0n) is 7.14. The highest BCUT2D eigenvalue weighted by molar-refractivity contribution is 5.72. The number of carbonyl (C=O) groups is 1. The van der Waals surface area contributed by atoms with Crippen molar-refractivity contribution in [1.82, 2.24) is 4.90 Å². The first-order valence-corrected chi connectivity index (χ1v) is 3.95. The number of amides is 2. The van der Waals surface area contributed by atoms with E-state index in [4.69, 9.17) is 5.73 Å². The molecule has 3 nitrogen and oxygen atoms in total. The maximum absolute atomic E-state index is 12.2. The Hall–Kier alpha value is -0.940. The van der Waals surface area contributed by atoms with Crippen LogP contribution in [0.5, 0.6) is 0 Å². The summed E-state index contributed by atoms with van der Waals surface area (Å²) in [6, 6.07) is -1.19. The van der Waals surface area contributed by atoms with Crippen LogP contribution < -0.4 is 5.73 Å². The van der Waals surface area contributed by atoms with E-state index >= 15 is 0 Å². The molecule has 1 aliphatic heterocycles. The number of nitrogens with two attached hydrogens (primary N) is 1. The van der Waals surface area contributed by atoms with Crippen molar-refractivity contribution in [2.24, 2.45) is 11.7 Å². The lowest BCUT2D eigenvalue weighted by molar-refractivity contribution is -0.170. The molecule has 1 saturated heterocycles. The van der Waals surface area contributed by atoms with Gasteiger partial charge in [0.1, 0.15) is 0 Å². The number of carbonyl (C=O) groups excluding carboxylic acids is 1. The molecule has 0 bridgehead atoms. The number of alkyl halides is 3. The molecule has 2 N–H and O–H groups in total. The van der Waals surface area contributed by atoms with Crippen LogP contribution in [-0.4, -0.2) is 29.7 Å². The second-order valence-electron chi connectivity index (χ2n) is 3.31. The Morgan fingerprint density at radius 1 is 1.54 bits per heavy atom. The zero-order chi connectivity index (χ0) is 10.2. The largest absolute Gasteiger partial charge is 0.393 e. The van der Waals surface area contributed by atoms with Crippen molar-refractivity contribution in [3.05, 3.63) is 0 Å². The first-order chi connectivity index (χ1) is 5.82. The van der Waals surface area contributed by atoms with E-state index in [2.05, 4.69) is 0 Å². The van der Waals surface area contributed by atoms with Crippen molar-refractivity contribution < 1.29 is 18.0 Å². The molecule has 0 spiro atoms. The second-order valence-corrected chi connectivity index (χ2v) is 3.31. The average Bonchev–Trinajstić information content (AvgIpc) is 2.29. The highest BCUT2D eigenvalue weighted by Crippen LogP contribution is 2.36. The van der Waals surface area contributed by atoms with Gasteiger partial charge in [-0.25, -0.2) is 4.79 Å². The molecule has 1 aliphatic rings. The fraction of sp³-hybridized carbons (Fsp3) is 0.857. The predicted molar refractivity (Wildman–Crippen MR) is 39.9 cm³/mol. The number of rotatable bonds is 0. The van der Waals surface area contributed by atoms with Crippen molar-refractivity contribution in [2.45, 2.75) is 25.6 Å². The molecule has 2 unspecified atom stereocenters. The Kier molecular flexibility index (Phi) is 2.40. The van der Waals surface area contributed by atoms with Gasteiger partial charge in [0, 0.05) is 12.6 Å². The van der Waals surface area contributed by atoms with Crippen LogP contribution in [0, 0.1) is 5.92 Å². The van der Waals surface area contributed by atoms with Gasteiger partial charge in [0.25, 0.3) is 0 Å². The highest BCUT2D eigenvalue weighted by Gasteiger charge is 2.47. The second kappa shape index (κ2) is 3.08. The molecule has 0 radical (unpaired) electrons. The minimum atomic E-state index is -4.22.